The number of nitrogens with zero attached hydrogens (tertiary/aromatic N) is 5. The van der Waals surface area contributed by atoms with Gasteiger partial charge >= 0.3 is 6.09 Å². The molecule has 11 nitrogen and oxygen atoms in total. The molecule has 0 spiro atoms. The van der Waals surface area contributed by atoms with Gasteiger partial charge in [-0.05, 0) is 45.1 Å². The Morgan fingerprint density at radius 1 is 1.32 bits per heavy atom. The van der Waals surface area contributed by atoms with Crippen LogP contribution in [0.2, 0.25) is 0 Å². The number of hydrogen-bond donors (Lipinski definition) is 3. The van der Waals surface area contributed by atoms with E-state index < -0.39 is 30.2 Å². The van der Waals surface area contributed by atoms with Gasteiger partial charge in [-0.15, -0.1) is 0 Å². The van der Waals surface area contributed by atoms with Gasteiger partial charge in [0.25, 0.3) is 5.92 Å². The lowest BCUT2D eigenvalue weighted by Crippen LogP contribution is -2.38. The average Bonchev–Trinajstić information content (AvgIpc) is 3.48. The summed E-state index contributed by atoms with van der Waals surface area (Å²) in [5.74, 6) is -2.46. The molecule has 1 atom stereocenters. The van der Waals surface area contributed by atoms with E-state index in [1.54, 1.807) is 80.2 Å². The van der Waals surface area contributed by atoms with Crippen LogP contribution in [0.1, 0.15) is 26.3 Å². The van der Waals surface area contributed by atoms with Crippen LogP contribution in [0.15, 0.2) is 59.6 Å². The van der Waals surface area contributed by atoms with Gasteiger partial charge in [-0.3, -0.25) is 14.7 Å². The summed E-state index contributed by atoms with van der Waals surface area (Å²) in [7, 11) is 1.53. The minimum absolute atomic E-state index is 0.221. The van der Waals surface area contributed by atoms with Gasteiger partial charge in [-0.25, -0.2) is 23.5 Å². The maximum absolute atomic E-state index is 14.9. The number of amides is 1. The molecule has 3 aromatic rings. The summed E-state index contributed by atoms with van der Waals surface area (Å²) in [5, 5.41) is 14.9. The number of nitrogens with one attached hydrogen (secondary N) is 3. The lowest BCUT2D eigenvalue weighted by molar-refractivity contribution is -0.00640. The summed E-state index contributed by atoms with van der Waals surface area (Å²) < 4.78 is 42.4. The van der Waals surface area contributed by atoms with E-state index in [-0.39, 0.29) is 12.4 Å². The van der Waals surface area contributed by atoms with Crippen LogP contribution < -0.4 is 15.5 Å². The zero-order chi connectivity index (χ0) is 29.4. The van der Waals surface area contributed by atoms with Crippen LogP contribution in [0.5, 0.6) is 5.75 Å². The molecule has 1 amide bonds. The molecule has 5 heterocycles. The van der Waals surface area contributed by atoms with E-state index in [1.807, 2.05) is 0 Å². The molecule has 41 heavy (non-hydrogen) atoms. The monoisotopic (exact) mass is 564 g/mol. The van der Waals surface area contributed by atoms with Gasteiger partial charge in [0.1, 0.15) is 28.9 Å². The van der Waals surface area contributed by atoms with Crippen molar-refractivity contribution in [2.75, 3.05) is 25.5 Å². The van der Waals surface area contributed by atoms with Crippen molar-refractivity contribution < 1.29 is 23.0 Å². The minimum Gasteiger partial charge on any atom is -0.496 e. The van der Waals surface area contributed by atoms with E-state index in [9.17, 15) is 13.6 Å². The first-order valence-electron chi connectivity index (χ1n) is 12.8. The largest absolute Gasteiger partial charge is 0.496 e. The molecule has 3 aromatic heterocycles. The number of fused-ring (bicyclic) bond motifs is 1. The third-order valence-corrected chi connectivity index (χ3v) is 6.46. The van der Waals surface area contributed by atoms with Gasteiger partial charge in [0.2, 0.25) is 0 Å². The molecule has 2 aliphatic heterocycles. The predicted molar refractivity (Wildman–Crippen MR) is 152 cm³/mol. The second-order valence-electron chi connectivity index (χ2n) is 10.6. The quantitative estimate of drug-likeness (QED) is 0.374. The number of imidazole rings is 1. The molecule has 0 aromatic carbocycles. The third kappa shape index (κ3) is 5.74. The number of rotatable bonds is 6. The summed E-state index contributed by atoms with van der Waals surface area (Å²) in [6.07, 6.45) is 8.98. The van der Waals surface area contributed by atoms with Crippen LogP contribution in [0, 0.1) is 5.41 Å². The van der Waals surface area contributed by atoms with Gasteiger partial charge in [-0.1, -0.05) is 6.07 Å². The van der Waals surface area contributed by atoms with Crippen molar-refractivity contribution in [3.05, 3.63) is 60.1 Å². The Morgan fingerprint density at radius 2 is 2.12 bits per heavy atom. The second kappa shape index (κ2) is 10.6. The standard InChI is InChI=1S/C28H30F2N8O3/c1-27(2,3)41-26(39)37-15-23(28(29,30)16-37)35-24-9-5-7-20(34-24)21-13-32-25-11-22(40-4)18(14-38(21)25)17(12-31)19-8-6-10-33-36-19/h5-14,23,31,36H,15-16H2,1-4H3,(H,34,35)/b19-17+,31-12?. The van der Waals surface area contributed by atoms with Gasteiger partial charge in [0.05, 0.1) is 43.5 Å². The molecule has 0 aliphatic carbocycles. The Labute approximate surface area is 235 Å². The van der Waals surface area contributed by atoms with Gasteiger partial charge in [0.15, 0.2) is 0 Å². The van der Waals surface area contributed by atoms with E-state index in [4.69, 9.17) is 14.9 Å². The van der Waals surface area contributed by atoms with E-state index in [0.29, 0.717) is 39.6 Å². The lowest BCUT2D eigenvalue weighted by Gasteiger charge is -2.24. The van der Waals surface area contributed by atoms with Crippen molar-refractivity contribution in [1.82, 2.24) is 24.7 Å². The highest BCUT2D eigenvalue weighted by molar-refractivity contribution is 6.11. The Balaban J connectivity index is 1.45. The first-order valence-corrected chi connectivity index (χ1v) is 12.8. The molecule has 3 N–H and O–H groups in total. The van der Waals surface area contributed by atoms with Gasteiger partial charge in [-0.2, -0.15) is 5.10 Å². The number of hydrazone groups is 1. The maximum atomic E-state index is 14.9. The zero-order valence-corrected chi connectivity index (χ0v) is 23.0. The normalized spacial score (nSPS) is 19.2. The zero-order valence-electron chi connectivity index (χ0n) is 23.0. The number of halogens is 2. The van der Waals surface area contributed by atoms with Crippen LogP contribution in [0.25, 0.3) is 22.6 Å². The number of methoxy groups -OCH3 is 1. The molecular weight excluding hydrogens is 534 g/mol. The molecule has 1 saturated heterocycles. The van der Waals surface area contributed by atoms with Gasteiger partial charge < -0.3 is 20.2 Å². The van der Waals surface area contributed by atoms with Crippen LogP contribution >= 0.6 is 0 Å². The van der Waals surface area contributed by atoms with Crippen molar-refractivity contribution in [2.45, 2.75) is 38.3 Å². The number of ether oxygens (including phenoxy) is 2. The molecule has 0 bridgehead atoms. The highest BCUT2D eigenvalue weighted by Gasteiger charge is 2.50. The highest BCUT2D eigenvalue weighted by Crippen LogP contribution is 2.33. The maximum Gasteiger partial charge on any atom is 0.410 e. The molecule has 1 unspecified atom stereocenters. The molecule has 13 heteroatoms. The minimum atomic E-state index is -3.19. The summed E-state index contributed by atoms with van der Waals surface area (Å²) in [6, 6.07) is 5.43. The number of anilines is 1. The van der Waals surface area contributed by atoms with Gasteiger partial charge in [0, 0.05) is 35.8 Å². The second-order valence-corrected chi connectivity index (χ2v) is 10.6. The fourth-order valence-electron chi connectivity index (χ4n) is 4.58. The Bertz CT molecular complexity index is 1590. The topological polar surface area (TPSA) is 129 Å². The molecular formula is C28H30F2N8O3. The number of allylic oxidation sites excluding steroid dienone is 3. The number of alkyl halides is 2. The fraction of sp³-hybridized carbons (Fsp3) is 0.321. The van der Waals surface area contributed by atoms with Crippen molar-refractivity contribution in [1.29, 1.82) is 5.41 Å². The highest BCUT2D eigenvalue weighted by atomic mass is 19.3. The first kappa shape index (κ1) is 27.7. The van der Waals surface area contributed by atoms with Crippen molar-refractivity contribution >= 4 is 35.6 Å². The average molecular weight is 565 g/mol. The number of hydrogen-bond acceptors (Lipinski definition) is 9. The number of pyridine rings is 2. The Kier molecular flexibility index (Phi) is 7.20. The predicted octanol–water partition coefficient (Wildman–Crippen LogP) is 4.58. The third-order valence-electron chi connectivity index (χ3n) is 6.46. The molecule has 1 fully saturated rings. The smallest absolute Gasteiger partial charge is 0.410 e. The Hall–Kier alpha value is -4.81. The molecule has 0 radical (unpaired) electrons. The number of aromatic nitrogens is 3. The fourth-order valence-corrected chi connectivity index (χ4v) is 4.58. The number of likely N-dealkylation sites (tertiary alicyclic amines) is 1. The summed E-state index contributed by atoms with van der Waals surface area (Å²) >= 11 is 0. The number of carbonyl (C=O) groups is 1. The van der Waals surface area contributed by atoms with E-state index in [1.165, 1.54) is 13.3 Å². The molecule has 2 aliphatic rings. The molecule has 214 valence electrons. The molecule has 0 saturated carbocycles. The SMILES string of the molecule is COc1cc2ncc(-c3cccc(NC4CN(C(=O)OC(C)(C)C)CC4(F)F)n3)n2cc1/C(C=N)=C1\C=CC=NN1. The number of carbonyl (C=O) groups excluding carboxylic acids is 1. The van der Waals surface area contributed by atoms with Crippen LogP contribution in [0.3, 0.4) is 0 Å². The Morgan fingerprint density at radius 3 is 2.80 bits per heavy atom. The van der Waals surface area contributed by atoms with Crippen LogP contribution in [0.4, 0.5) is 19.4 Å². The van der Waals surface area contributed by atoms with E-state index in [2.05, 4.69) is 25.8 Å². The van der Waals surface area contributed by atoms with E-state index in [0.717, 1.165) is 4.90 Å². The first-order chi connectivity index (χ1) is 19.5. The lowest BCUT2D eigenvalue weighted by atomic mass is 10.0. The van der Waals surface area contributed by atoms with Crippen LogP contribution in [-0.2, 0) is 4.74 Å². The van der Waals surface area contributed by atoms with Crippen molar-refractivity contribution in [3.8, 4) is 17.1 Å². The summed E-state index contributed by atoms with van der Waals surface area (Å²) in [4.78, 5) is 22.5. The van der Waals surface area contributed by atoms with Crippen molar-refractivity contribution in [3.63, 3.8) is 0 Å². The molecule has 5 rings (SSSR count). The van der Waals surface area contributed by atoms with E-state index >= 15 is 0 Å². The van der Waals surface area contributed by atoms with Crippen LogP contribution in [-0.4, -0.2) is 75.6 Å². The van der Waals surface area contributed by atoms with Crippen molar-refractivity contribution in [2.24, 2.45) is 5.10 Å². The summed E-state index contributed by atoms with van der Waals surface area (Å²) in [5.41, 5.74) is 5.51. The summed E-state index contributed by atoms with van der Waals surface area (Å²) in [6.45, 7) is 4.07.